The van der Waals surface area contributed by atoms with Crippen LogP contribution in [0.4, 0.5) is 0 Å². The average Bonchev–Trinajstić information content (AvgIpc) is 2.39. The topological polar surface area (TPSA) is 38.5 Å². The van der Waals surface area contributed by atoms with Gasteiger partial charge in [0.15, 0.2) is 0 Å². The number of nitrogens with two attached hydrogens (primary N) is 1. The third kappa shape index (κ3) is 3.46. The van der Waals surface area contributed by atoms with E-state index in [9.17, 15) is 0 Å². The molecule has 1 saturated carbocycles. The fourth-order valence-corrected chi connectivity index (χ4v) is 3.42. The number of rotatable bonds is 4. The van der Waals surface area contributed by atoms with Crippen molar-refractivity contribution in [3.8, 4) is 0 Å². The van der Waals surface area contributed by atoms with Crippen molar-refractivity contribution >= 4 is 0 Å². The first-order valence-corrected chi connectivity index (χ1v) is 7.76. The first-order chi connectivity index (χ1) is 8.64. The van der Waals surface area contributed by atoms with Gasteiger partial charge in [0.05, 0.1) is 6.10 Å². The lowest BCUT2D eigenvalue weighted by Crippen LogP contribution is -2.54. The number of hydrogen-bond donors (Lipinski definition) is 1. The normalized spacial score (nSPS) is 35.8. The molecule has 0 aromatic rings. The van der Waals surface area contributed by atoms with E-state index in [0.29, 0.717) is 17.7 Å². The van der Waals surface area contributed by atoms with Gasteiger partial charge in [-0.25, -0.2) is 0 Å². The van der Waals surface area contributed by atoms with Crippen LogP contribution >= 0.6 is 0 Å². The van der Waals surface area contributed by atoms with Crippen molar-refractivity contribution < 1.29 is 4.74 Å². The Morgan fingerprint density at radius 2 is 1.78 bits per heavy atom. The minimum absolute atomic E-state index is 0.409. The molecule has 106 valence electrons. The lowest BCUT2D eigenvalue weighted by Gasteiger charge is -2.48. The molecule has 2 aliphatic rings. The maximum absolute atomic E-state index is 6.00. The molecule has 1 saturated heterocycles. The summed E-state index contributed by atoms with van der Waals surface area (Å²) in [5, 5.41) is 0. The Kier molecular flexibility index (Phi) is 5.05. The number of hydrogen-bond acceptors (Lipinski definition) is 3. The van der Waals surface area contributed by atoms with Gasteiger partial charge >= 0.3 is 0 Å². The highest BCUT2D eigenvalue weighted by Crippen LogP contribution is 2.36. The van der Waals surface area contributed by atoms with Gasteiger partial charge in [0.25, 0.3) is 0 Å². The third-order valence-electron chi connectivity index (χ3n) is 4.87. The largest absolute Gasteiger partial charge is 0.378 e. The molecular weight excluding hydrogens is 224 g/mol. The molecule has 3 heteroatoms. The Labute approximate surface area is 112 Å². The molecule has 0 aromatic heterocycles. The van der Waals surface area contributed by atoms with Crippen LogP contribution in [0.2, 0.25) is 0 Å². The van der Waals surface area contributed by atoms with E-state index in [2.05, 4.69) is 18.7 Å². The molecule has 0 radical (unpaired) electrons. The highest BCUT2D eigenvalue weighted by atomic mass is 16.5. The Balaban J connectivity index is 1.79. The zero-order chi connectivity index (χ0) is 13.0. The summed E-state index contributed by atoms with van der Waals surface area (Å²) in [6, 6.07) is 0.439. The molecule has 2 rings (SSSR count). The molecule has 1 aliphatic carbocycles. The highest BCUT2D eigenvalue weighted by molar-refractivity contribution is 4.94. The van der Waals surface area contributed by atoms with Crippen molar-refractivity contribution in [3.63, 3.8) is 0 Å². The minimum Gasteiger partial charge on any atom is -0.378 e. The van der Waals surface area contributed by atoms with E-state index in [0.717, 1.165) is 13.0 Å². The van der Waals surface area contributed by atoms with E-state index in [1.165, 1.54) is 51.6 Å². The number of piperidine rings is 1. The van der Waals surface area contributed by atoms with Gasteiger partial charge in [0.1, 0.15) is 0 Å². The highest BCUT2D eigenvalue weighted by Gasteiger charge is 2.37. The van der Waals surface area contributed by atoms with Crippen LogP contribution in [0.5, 0.6) is 0 Å². The van der Waals surface area contributed by atoms with Crippen molar-refractivity contribution in [3.05, 3.63) is 0 Å². The zero-order valence-corrected chi connectivity index (χ0v) is 12.2. The van der Waals surface area contributed by atoms with Crippen molar-refractivity contribution in [2.45, 2.75) is 76.5 Å². The second kappa shape index (κ2) is 6.36. The number of likely N-dealkylation sites (tertiary alicyclic amines) is 1. The summed E-state index contributed by atoms with van der Waals surface area (Å²) < 4.78 is 5.89. The van der Waals surface area contributed by atoms with Gasteiger partial charge in [-0.1, -0.05) is 6.92 Å². The quantitative estimate of drug-likeness (QED) is 0.838. The summed E-state index contributed by atoms with van der Waals surface area (Å²) in [5.41, 5.74) is 6.41. The molecule has 2 fully saturated rings. The zero-order valence-electron chi connectivity index (χ0n) is 12.2. The van der Waals surface area contributed by atoms with Gasteiger partial charge in [-0.2, -0.15) is 0 Å². The van der Waals surface area contributed by atoms with Crippen LogP contribution < -0.4 is 5.73 Å². The number of nitrogens with zero attached hydrogens (tertiary/aromatic N) is 1. The van der Waals surface area contributed by atoms with Crippen LogP contribution in [0, 0.1) is 0 Å². The Bertz CT molecular complexity index is 241. The maximum atomic E-state index is 6.00. The van der Waals surface area contributed by atoms with Crippen LogP contribution in [0.25, 0.3) is 0 Å². The summed E-state index contributed by atoms with van der Waals surface area (Å²) in [4.78, 5) is 2.69. The maximum Gasteiger partial charge on any atom is 0.0576 e. The molecule has 18 heavy (non-hydrogen) atoms. The van der Waals surface area contributed by atoms with Gasteiger partial charge in [0, 0.05) is 31.3 Å². The van der Waals surface area contributed by atoms with Crippen LogP contribution in [-0.4, -0.2) is 42.3 Å². The molecule has 0 spiro atoms. The van der Waals surface area contributed by atoms with Crippen LogP contribution in [0.15, 0.2) is 0 Å². The molecule has 3 nitrogen and oxygen atoms in total. The van der Waals surface area contributed by atoms with Crippen molar-refractivity contribution in [1.82, 2.24) is 4.90 Å². The predicted molar refractivity (Wildman–Crippen MR) is 75.7 cm³/mol. The van der Waals surface area contributed by atoms with Crippen molar-refractivity contribution in [1.29, 1.82) is 0 Å². The van der Waals surface area contributed by atoms with E-state index in [1.807, 2.05) is 0 Å². The predicted octanol–water partition coefficient (Wildman–Crippen LogP) is 2.54. The monoisotopic (exact) mass is 254 g/mol. The fourth-order valence-electron chi connectivity index (χ4n) is 3.42. The van der Waals surface area contributed by atoms with E-state index >= 15 is 0 Å². The standard InChI is InChI=1S/C15H30N2O/c1-3-12-18-14-4-8-15(2,9-5-14)17-10-6-13(16)7-11-17/h13-14H,3-12,16H2,1-2H3/t14-,15-. The van der Waals surface area contributed by atoms with E-state index in [-0.39, 0.29) is 0 Å². The smallest absolute Gasteiger partial charge is 0.0576 e. The summed E-state index contributed by atoms with van der Waals surface area (Å²) in [7, 11) is 0. The second-order valence-electron chi connectivity index (χ2n) is 6.39. The van der Waals surface area contributed by atoms with Crippen LogP contribution in [0.1, 0.15) is 58.8 Å². The number of ether oxygens (including phenoxy) is 1. The van der Waals surface area contributed by atoms with Gasteiger partial charge in [-0.05, 0) is 51.9 Å². The lowest BCUT2D eigenvalue weighted by molar-refractivity contribution is -0.0282. The third-order valence-corrected chi connectivity index (χ3v) is 4.87. The summed E-state index contributed by atoms with van der Waals surface area (Å²) in [6.45, 7) is 7.94. The molecule has 0 unspecified atom stereocenters. The van der Waals surface area contributed by atoms with Gasteiger partial charge in [-0.15, -0.1) is 0 Å². The molecule has 1 heterocycles. The molecule has 2 N–H and O–H groups in total. The van der Waals surface area contributed by atoms with Crippen LogP contribution in [0.3, 0.4) is 0 Å². The molecule has 0 amide bonds. The Morgan fingerprint density at radius 3 is 2.33 bits per heavy atom. The second-order valence-corrected chi connectivity index (χ2v) is 6.39. The Hall–Kier alpha value is -0.120. The fraction of sp³-hybridized carbons (Fsp3) is 1.00. The molecule has 1 aliphatic heterocycles. The summed E-state index contributed by atoms with van der Waals surface area (Å²) in [5.74, 6) is 0. The summed E-state index contributed by atoms with van der Waals surface area (Å²) >= 11 is 0. The van der Waals surface area contributed by atoms with Crippen molar-refractivity contribution in [2.75, 3.05) is 19.7 Å². The first-order valence-electron chi connectivity index (χ1n) is 7.76. The average molecular weight is 254 g/mol. The van der Waals surface area contributed by atoms with Gasteiger partial charge in [0.2, 0.25) is 0 Å². The molecule has 0 aromatic carbocycles. The van der Waals surface area contributed by atoms with E-state index in [1.54, 1.807) is 0 Å². The minimum atomic E-state index is 0.409. The van der Waals surface area contributed by atoms with Crippen molar-refractivity contribution in [2.24, 2.45) is 5.73 Å². The SMILES string of the molecule is CCCO[C@H]1CC[C@](C)(N2CCC(N)CC2)CC1. The Morgan fingerprint density at radius 1 is 1.17 bits per heavy atom. The molecule has 0 atom stereocenters. The molecular formula is C15H30N2O. The van der Waals surface area contributed by atoms with Crippen LogP contribution in [-0.2, 0) is 4.74 Å². The first kappa shape index (κ1) is 14.3. The van der Waals surface area contributed by atoms with E-state index in [4.69, 9.17) is 10.5 Å². The van der Waals surface area contributed by atoms with Gasteiger partial charge < -0.3 is 10.5 Å². The van der Waals surface area contributed by atoms with E-state index < -0.39 is 0 Å². The van der Waals surface area contributed by atoms with Gasteiger partial charge in [-0.3, -0.25) is 4.90 Å². The lowest BCUT2D eigenvalue weighted by atomic mass is 9.79. The summed E-state index contributed by atoms with van der Waals surface area (Å²) in [6.07, 6.45) is 9.05. The molecule has 0 bridgehead atoms.